The molecule has 110 valence electrons. The number of rotatable bonds is 3. The number of amides is 1. The molecule has 1 atom stereocenters. The monoisotopic (exact) mass is 284 g/mol. The van der Waals surface area contributed by atoms with E-state index < -0.39 is 0 Å². The van der Waals surface area contributed by atoms with Crippen molar-refractivity contribution in [3.8, 4) is 0 Å². The van der Waals surface area contributed by atoms with Gasteiger partial charge in [-0.1, -0.05) is 42.4 Å². The molecule has 1 aliphatic heterocycles. The van der Waals surface area contributed by atoms with Crippen LogP contribution in [0, 0.1) is 0 Å². The van der Waals surface area contributed by atoms with Crippen molar-refractivity contribution in [1.29, 1.82) is 0 Å². The lowest BCUT2D eigenvalue weighted by molar-refractivity contribution is 0.0682. The summed E-state index contributed by atoms with van der Waals surface area (Å²) in [5.41, 5.74) is 1.98. The van der Waals surface area contributed by atoms with E-state index in [1.807, 2.05) is 23.1 Å². The van der Waals surface area contributed by atoms with Crippen LogP contribution in [0.15, 0.2) is 40.9 Å². The van der Waals surface area contributed by atoms with E-state index in [0.29, 0.717) is 5.76 Å². The van der Waals surface area contributed by atoms with E-state index in [4.69, 9.17) is 4.52 Å². The number of carbonyl (C=O) groups excluding carboxylic acids is 1. The number of hydrogen-bond donors (Lipinski definition) is 0. The average molecular weight is 284 g/mol. The van der Waals surface area contributed by atoms with Crippen LogP contribution in [0.3, 0.4) is 0 Å². The summed E-state index contributed by atoms with van der Waals surface area (Å²) < 4.78 is 5.28. The smallest absolute Gasteiger partial charge is 0.292 e. The second kappa shape index (κ2) is 6.12. The van der Waals surface area contributed by atoms with Crippen molar-refractivity contribution < 1.29 is 9.32 Å². The highest BCUT2D eigenvalue weighted by Crippen LogP contribution is 2.24. The van der Waals surface area contributed by atoms with Gasteiger partial charge in [-0.15, -0.1) is 0 Å². The first-order valence-corrected chi connectivity index (χ1v) is 7.56. The molecular weight excluding hydrogens is 264 g/mol. The third-order valence-electron chi connectivity index (χ3n) is 4.13. The van der Waals surface area contributed by atoms with Gasteiger partial charge < -0.3 is 9.42 Å². The summed E-state index contributed by atoms with van der Waals surface area (Å²) in [4.78, 5) is 14.2. The van der Waals surface area contributed by atoms with Crippen molar-refractivity contribution in [3.63, 3.8) is 0 Å². The minimum absolute atomic E-state index is 0.0336. The largest absolute Gasteiger partial charge is 0.351 e. The standard InChI is InChI=1S/C17H20N2O2/c1-13(14-8-4-2-5-9-14)15-12-16(21-18-15)17(20)19-10-6-3-7-11-19/h2,4-5,8-9,12-13H,3,6-7,10-11H2,1H3/t13-/m0/s1. The second-order valence-corrected chi connectivity index (χ2v) is 5.60. The van der Waals surface area contributed by atoms with E-state index in [0.717, 1.165) is 31.6 Å². The Kier molecular flexibility index (Phi) is 4.04. The maximum atomic E-state index is 12.4. The van der Waals surface area contributed by atoms with Gasteiger partial charge in [0.15, 0.2) is 0 Å². The summed E-state index contributed by atoms with van der Waals surface area (Å²) >= 11 is 0. The average Bonchev–Trinajstić information content (AvgIpc) is 3.05. The number of piperidine rings is 1. The van der Waals surface area contributed by atoms with E-state index in [9.17, 15) is 4.79 Å². The van der Waals surface area contributed by atoms with Gasteiger partial charge in [-0.05, 0) is 24.8 Å². The molecular formula is C17H20N2O2. The van der Waals surface area contributed by atoms with Crippen molar-refractivity contribution in [3.05, 3.63) is 53.4 Å². The molecule has 1 saturated heterocycles. The molecule has 1 amide bonds. The lowest BCUT2D eigenvalue weighted by Crippen LogP contribution is -2.35. The van der Waals surface area contributed by atoms with Gasteiger partial charge in [-0.2, -0.15) is 0 Å². The quantitative estimate of drug-likeness (QED) is 0.867. The molecule has 0 aliphatic carbocycles. The van der Waals surface area contributed by atoms with Crippen LogP contribution in [0.1, 0.15) is 53.9 Å². The summed E-state index contributed by atoms with van der Waals surface area (Å²) in [6.07, 6.45) is 3.36. The van der Waals surface area contributed by atoms with Crippen molar-refractivity contribution in [2.75, 3.05) is 13.1 Å². The van der Waals surface area contributed by atoms with Crippen molar-refractivity contribution in [2.45, 2.75) is 32.1 Å². The third-order valence-corrected chi connectivity index (χ3v) is 4.13. The van der Waals surface area contributed by atoms with E-state index >= 15 is 0 Å². The lowest BCUT2D eigenvalue weighted by atomic mass is 9.98. The van der Waals surface area contributed by atoms with Gasteiger partial charge in [0, 0.05) is 25.1 Å². The van der Waals surface area contributed by atoms with Gasteiger partial charge >= 0.3 is 0 Å². The molecule has 4 heteroatoms. The maximum Gasteiger partial charge on any atom is 0.292 e. The first-order chi connectivity index (χ1) is 10.3. The van der Waals surface area contributed by atoms with Gasteiger partial charge in [0.25, 0.3) is 5.91 Å². The van der Waals surface area contributed by atoms with Crippen LogP contribution >= 0.6 is 0 Å². The molecule has 0 saturated carbocycles. The summed E-state index contributed by atoms with van der Waals surface area (Å²) in [6.45, 7) is 3.72. The zero-order valence-corrected chi connectivity index (χ0v) is 12.3. The fraction of sp³-hybridized carbons (Fsp3) is 0.412. The SMILES string of the molecule is C[C@@H](c1ccccc1)c1cc(C(=O)N2CCCCC2)on1. The molecule has 0 bridgehead atoms. The molecule has 0 unspecified atom stereocenters. The number of carbonyl (C=O) groups is 1. The molecule has 1 aromatic heterocycles. The van der Waals surface area contributed by atoms with Crippen LogP contribution < -0.4 is 0 Å². The first-order valence-electron chi connectivity index (χ1n) is 7.56. The van der Waals surface area contributed by atoms with Gasteiger partial charge in [-0.3, -0.25) is 4.79 Å². The predicted molar refractivity (Wildman–Crippen MR) is 80.2 cm³/mol. The number of likely N-dealkylation sites (tertiary alicyclic amines) is 1. The van der Waals surface area contributed by atoms with Crippen LogP contribution in [0.25, 0.3) is 0 Å². The molecule has 0 N–H and O–H groups in total. The number of hydrogen-bond acceptors (Lipinski definition) is 3. The summed E-state index contributed by atoms with van der Waals surface area (Å²) in [5, 5.41) is 4.09. The summed E-state index contributed by atoms with van der Waals surface area (Å²) in [7, 11) is 0. The zero-order valence-electron chi connectivity index (χ0n) is 12.3. The molecule has 3 rings (SSSR count). The highest BCUT2D eigenvalue weighted by Gasteiger charge is 2.23. The molecule has 2 aromatic rings. The maximum absolute atomic E-state index is 12.4. The van der Waals surface area contributed by atoms with Crippen LogP contribution in [0.5, 0.6) is 0 Å². The molecule has 1 fully saturated rings. The van der Waals surface area contributed by atoms with Crippen molar-refractivity contribution >= 4 is 5.91 Å². The van der Waals surface area contributed by atoms with Crippen LogP contribution in [-0.4, -0.2) is 29.1 Å². The topological polar surface area (TPSA) is 46.3 Å². The fourth-order valence-electron chi connectivity index (χ4n) is 2.76. The van der Waals surface area contributed by atoms with E-state index in [1.165, 1.54) is 12.0 Å². The van der Waals surface area contributed by atoms with Gasteiger partial charge in [-0.25, -0.2) is 0 Å². The Morgan fingerprint density at radius 2 is 1.90 bits per heavy atom. The van der Waals surface area contributed by atoms with Gasteiger partial charge in [0.05, 0.1) is 5.69 Å². The minimum atomic E-state index is -0.0336. The van der Waals surface area contributed by atoms with Crippen molar-refractivity contribution in [2.24, 2.45) is 0 Å². The van der Waals surface area contributed by atoms with Gasteiger partial charge in [0.1, 0.15) is 0 Å². The normalized spacial score (nSPS) is 16.7. The molecule has 21 heavy (non-hydrogen) atoms. The zero-order chi connectivity index (χ0) is 14.7. The molecule has 0 radical (unpaired) electrons. The van der Waals surface area contributed by atoms with Crippen LogP contribution in [0.4, 0.5) is 0 Å². The Labute approximate surface area is 124 Å². The van der Waals surface area contributed by atoms with Crippen LogP contribution in [0.2, 0.25) is 0 Å². The Bertz CT molecular complexity index is 600. The number of nitrogens with zero attached hydrogens (tertiary/aromatic N) is 2. The Morgan fingerprint density at radius 1 is 1.19 bits per heavy atom. The van der Waals surface area contributed by atoms with Gasteiger partial charge in [0.2, 0.25) is 5.76 Å². The van der Waals surface area contributed by atoms with E-state index in [1.54, 1.807) is 6.07 Å². The number of aromatic nitrogens is 1. The third kappa shape index (κ3) is 2.99. The first kappa shape index (κ1) is 13.9. The Balaban J connectivity index is 1.75. The Morgan fingerprint density at radius 3 is 2.62 bits per heavy atom. The summed E-state index contributed by atoms with van der Waals surface area (Å²) in [5.74, 6) is 0.446. The Hall–Kier alpha value is -2.10. The van der Waals surface area contributed by atoms with E-state index in [-0.39, 0.29) is 11.8 Å². The highest BCUT2D eigenvalue weighted by atomic mass is 16.5. The van der Waals surface area contributed by atoms with E-state index in [2.05, 4.69) is 24.2 Å². The minimum Gasteiger partial charge on any atom is -0.351 e. The van der Waals surface area contributed by atoms with Crippen molar-refractivity contribution in [1.82, 2.24) is 10.1 Å². The molecule has 0 spiro atoms. The molecule has 4 nitrogen and oxygen atoms in total. The highest BCUT2D eigenvalue weighted by molar-refractivity contribution is 5.91. The summed E-state index contributed by atoms with van der Waals surface area (Å²) in [6, 6.07) is 11.9. The lowest BCUT2D eigenvalue weighted by Gasteiger charge is -2.25. The molecule has 1 aromatic carbocycles. The fourth-order valence-corrected chi connectivity index (χ4v) is 2.76. The number of benzene rings is 1. The molecule has 1 aliphatic rings. The predicted octanol–water partition coefficient (Wildman–Crippen LogP) is 3.45. The van der Waals surface area contributed by atoms with Crippen LogP contribution in [-0.2, 0) is 0 Å². The molecule has 2 heterocycles. The second-order valence-electron chi connectivity index (χ2n) is 5.60.